The van der Waals surface area contributed by atoms with E-state index in [2.05, 4.69) is 50.1 Å². The van der Waals surface area contributed by atoms with Crippen molar-refractivity contribution in [3.63, 3.8) is 0 Å². The van der Waals surface area contributed by atoms with Gasteiger partial charge in [0.25, 0.3) is 0 Å². The fourth-order valence-corrected chi connectivity index (χ4v) is 3.05. The molecule has 0 amide bonds. The minimum Gasteiger partial charge on any atom is -0.308 e. The zero-order valence-electron chi connectivity index (χ0n) is 13.4. The highest BCUT2D eigenvalue weighted by molar-refractivity contribution is 5.22. The van der Waals surface area contributed by atoms with Gasteiger partial charge in [0.2, 0.25) is 0 Å². The van der Waals surface area contributed by atoms with E-state index in [1.54, 1.807) is 12.3 Å². The van der Waals surface area contributed by atoms with Gasteiger partial charge in [0.05, 0.1) is 12.2 Å². The normalized spacial score (nSPS) is 13.8. The Morgan fingerprint density at radius 3 is 2.40 bits per heavy atom. The van der Waals surface area contributed by atoms with Crippen LogP contribution in [0.15, 0.2) is 18.5 Å². The molecule has 20 heavy (non-hydrogen) atoms. The third-order valence-corrected chi connectivity index (χ3v) is 4.37. The van der Waals surface area contributed by atoms with E-state index >= 15 is 0 Å². The zero-order valence-corrected chi connectivity index (χ0v) is 13.4. The summed E-state index contributed by atoms with van der Waals surface area (Å²) < 4.78 is 14.2. The van der Waals surface area contributed by atoms with Crippen LogP contribution in [-0.4, -0.2) is 36.1 Å². The number of hydrogen-bond donors (Lipinski definition) is 1. The molecule has 0 fully saturated rings. The molecule has 1 heterocycles. The topological polar surface area (TPSA) is 28.2 Å². The van der Waals surface area contributed by atoms with Crippen molar-refractivity contribution in [3.8, 4) is 0 Å². The van der Waals surface area contributed by atoms with Crippen LogP contribution in [0.3, 0.4) is 0 Å². The third kappa shape index (κ3) is 3.36. The highest BCUT2D eigenvalue weighted by Gasteiger charge is 2.39. The van der Waals surface area contributed by atoms with Gasteiger partial charge in [0, 0.05) is 17.3 Å². The maximum atomic E-state index is 14.2. The first-order chi connectivity index (χ1) is 9.53. The molecular formula is C16H28FN3. The first-order valence-electron chi connectivity index (χ1n) is 7.53. The summed E-state index contributed by atoms with van der Waals surface area (Å²) in [7, 11) is 4.15. The van der Waals surface area contributed by atoms with Gasteiger partial charge in [-0.2, -0.15) is 0 Å². The summed E-state index contributed by atoms with van der Waals surface area (Å²) in [5, 5.41) is 3.54. The number of likely N-dealkylation sites (N-methyl/N-ethyl adjacent to an activating group) is 1. The molecule has 0 spiro atoms. The van der Waals surface area contributed by atoms with Crippen LogP contribution in [0.2, 0.25) is 0 Å². The van der Waals surface area contributed by atoms with Gasteiger partial charge in [-0.05, 0) is 46.0 Å². The molecule has 0 radical (unpaired) electrons. The van der Waals surface area contributed by atoms with Gasteiger partial charge in [0.1, 0.15) is 5.82 Å². The summed E-state index contributed by atoms with van der Waals surface area (Å²) in [6.45, 7) is 7.34. The van der Waals surface area contributed by atoms with Crippen LogP contribution in [0.4, 0.5) is 4.39 Å². The lowest BCUT2D eigenvalue weighted by Gasteiger charge is -2.46. The number of rotatable bonds is 8. The summed E-state index contributed by atoms with van der Waals surface area (Å²) >= 11 is 0. The van der Waals surface area contributed by atoms with Crippen molar-refractivity contribution >= 4 is 0 Å². The molecule has 114 valence electrons. The molecule has 1 N–H and O–H groups in total. The lowest BCUT2D eigenvalue weighted by Crippen LogP contribution is -2.53. The number of aromatic nitrogens is 1. The van der Waals surface area contributed by atoms with Crippen molar-refractivity contribution in [1.82, 2.24) is 15.2 Å². The second-order valence-electron chi connectivity index (χ2n) is 5.49. The van der Waals surface area contributed by atoms with E-state index < -0.39 is 0 Å². The van der Waals surface area contributed by atoms with E-state index in [0.29, 0.717) is 5.56 Å². The molecule has 0 bridgehead atoms. The Labute approximate surface area is 122 Å². The van der Waals surface area contributed by atoms with E-state index in [1.165, 1.54) is 6.20 Å². The second-order valence-corrected chi connectivity index (χ2v) is 5.49. The smallest absolute Gasteiger partial charge is 0.146 e. The van der Waals surface area contributed by atoms with Gasteiger partial charge in [0.15, 0.2) is 0 Å². The molecule has 0 aromatic carbocycles. The van der Waals surface area contributed by atoms with E-state index in [-0.39, 0.29) is 17.4 Å². The molecule has 0 saturated heterocycles. The maximum absolute atomic E-state index is 14.2. The first kappa shape index (κ1) is 17.1. The molecule has 3 nitrogen and oxygen atoms in total. The van der Waals surface area contributed by atoms with Crippen LogP contribution in [0, 0.1) is 5.82 Å². The monoisotopic (exact) mass is 281 g/mol. The molecular weight excluding hydrogens is 253 g/mol. The molecule has 1 unspecified atom stereocenters. The molecule has 4 heteroatoms. The van der Waals surface area contributed by atoms with Crippen molar-refractivity contribution in [2.24, 2.45) is 0 Å². The molecule has 1 aromatic rings. The van der Waals surface area contributed by atoms with Gasteiger partial charge in [-0.3, -0.25) is 4.98 Å². The van der Waals surface area contributed by atoms with Crippen LogP contribution in [0.1, 0.15) is 51.6 Å². The van der Waals surface area contributed by atoms with E-state index in [1.807, 2.05) is 0 Å². The highest BCUT2D eigenvalue weighted by atomic mass is 19.1. The van der Waals surface area contributed by atoms with Crippen LogP contribution >= 0.6 is 0 Å². The van der Waals surface area contributed by atoms with Gasteiger partial charge >= 0.3 is 0 Å². The lowest BCUT2D eigenvalue weighted by molar-refractivity contribution is 0.0864. The quantitative estimate of drug-likeness (QED) is 0.792. The van der Waals surface area contributed by atoms with Crippen LogP contribution in [0.5, 0.6) is 0 Å². The number of halogens is 1. The molecule has 0 aliphatic rings. The van der Waals surface area contributed by atoms with Gasteiger partial charge in [-0.15, -0.1) is 0 Å². The number of pyridine rings is 1. The zero-order chi connectivity index (χ0) is 15.2. The maximum Gasteiger partial charge on any atom is 0.146 e. The third-order valence-electron chi connectivity index (χ3n) is 4.37. The van der Waals surface area contributed by atoms with Crippen molar-refractivity contribution in [1.29, 1.82) is 0 Å². The standard InChI is InChI=1S/C16H28FN3/c1-6-10-19-15(13-9-11-18-12-14(13)17)16(7-2,8-3)20(4)5/h9,11-12,15,19H,6-8,10H2,1-5H3. The summed E-state index contributed by atoms with van der Waals surface area (Å²) in [6, 6.07) is 1.77. The lowest BCUT2D eigenvalue weighted by atomic mass is 9.79. The molecule has 0 aliphatic carbocycles. The molecule has 0 saturated carbocycles. The molecule has 1 aromatic heterocycles. The van der Waals surface area contributed by atoms with Crippen molar-refractivity contribution in [2.45, 2.75) is 51.6 Å². The van der Waals surface area contributed by atoms with Crippen molar-refractivity contribution in [3.05, 3.63) is 29.8 Å². The Bertz CT molecular complexity index is 402. The Morgan fingerprint density at radius 2 is 1.95 bits per heavy atom. The van der Waals surface area contributed by atoms with Gasteiger partial charge in [-0.1, -0.05) is 20.8 Å². The van der Waals surface area contributed by atoms with Crippen LogP contribution in [0.25, 0.3) is 0 Å². The summed E-state index contributed by atoms with van der Waals surface area (Å²) in [4.78, 5) is 6.09. The van der Waals surface area contributed by atoms with Crippen molar-refractivity contribution in [2.75, 3.05) is 20.6 Å². The minimum atomic E-state index is -0.228. The minimum absolute atomic E-state index is 0.0320. The highest BCUT2D eigenvalue weighted by Crippen LogP contribution is 2.36. The summed E-state index contributed by atoms with van der Waals surface area (Å²) in [5.41, 5.74) is 0.614. The summed E-state index contributed by atoms with van der Waals surface area (Å²) in [6.07, 6.45) is 5.92. The average molecular weight is 281 g/mol. The number of nitrogens with zero attached hydrogens (tertiary/aromatic N) is 2. The fourth-order valence-electron chi connectivity index (χ4n) is 3.05. The van der Waals surface area contributed by atoms with Gasteiger partial charge in [-0.25, -0.2) is 4.39 Å². The van der Waals surface area contributed by atoms with E-state index in [4.69, 9.17) is 0 Å². The van der Waals surface area contributed by atoms with Crippen LogP contribution < -0.4 is 5.32 Å². The number of hydrogen-bond acceptors (Lipinski definition) is 3. The Balaban J connectivity index is 3.26. The molecule has 1 atom stereocenters. The molecule has 0 aliphatic heterocycles. The predicted molar refractivity (Wildman–Crippen MR) is 82.2 cm³/mol. The van der Waals surface area contributed by atoms with Crippen molar-refractivity contribution < 1.29 is 4.39 Å². The van der Waals surface area contributed by atoms with Gasteiger partial charge < -0.3 is 10.2 Å². The molecule has 1 rings (SSSR count). The first-order valence-corrected chi connectivity index (χ1v) is 7.53. The largest absolute Gasteiger partial charge is 0.308 e. The predicted octanol–water partition coefficient (Wildman–Crippen LogP) is 3.38. The second kappa shape index (κ2) is 7.70. The fraction of sp³-hybridized carbons (Fsp3) is 0.688. The summed E-state index contributed by atoms with van der Waals surface area (Å²) in [5.74, 6) is -0.228. The number of nitrogens with one attached hydrogen (secondary N) is 1. The SMILES string of the molecule is CCCNC(c1ccncc1F)C(CC)(CC)N(C)C. The Hall–Kier alpha value is -1.00. The van der Waals surface area contributed by atoms with E-state index in [9.17, 15) is 4.39 Å². The van der Waals surface area contributed by atoms with Crippen LogP contribution in [-0.2, 0) is 0 Å². The van der Waals surface area contributed by atoms with E-state index in [0.717, 1.165) is 25.8 Å². The average Bonchev–Trinajstić information content (AvgIpc) is 2.44. The Morgan fingerprint density at radius 1 is 1.30 bits per heavy atom. The Kier molecular flexibility index (Phi) is 6.56.